The van der Waals surface area contributed by atoms with E-state index in [2.05, 4.69) is 55.2 Å². The Morgan fingerprint density at radius 1 is 1.19 bits per heavy atom. The monoisotopic (exact) mass is 233 g/mol. The first-order chi connectivity index (χ1) is 7.66. The Balaban J connectivity index is 1.89. The van der Waals surface area contributed by atoms with Crippen LogP contribution in [0.5, 0.6) is 0 Å². The molecule has 1 aromatic carbocycles. The van der Waals surface area contributed by atoms with E-state index in [1.807, 2.05) is 0 Å². The fourth-order valence-electron chi connectivity index (χ4n) is 2.41. The van der Waals surface area contributed by atoms with Crippen molar-refractivity contribution in [2.75, 3.05) is 5.75 Å². The number of benzene rings is 1. The Bertz CT molecular complexity index is 395. The molecule has 0 spiro atoms. The molecule has 0 radical (unpaired) electrons. The molecular formula is C14H19NS. The number of hydrogen-bond acceptors (Lipinski definition) is 2. The Labute approximate surface area is 102 Å². The summed E-state index contributed by atoms with van der Waals surface area (Å²) in [5.41, 5.74) is 3.40. The molecule has 2 fully saturated rings. The van der Waals surface area contributed by atoms with Crippen molar-refractivity contribution in [3.63, 3.8) is 0 Å². The molecule has 2 aliphatic rings. The van der Waals surface area contributed by atoms with Crippen LogP contribution in [0.3, 0.4) is 0 Å². The van der Waals surface area contributed by atoms with Crippen LogP contribution in [0.2, 0.25) is 0 Å². The van der Waals surface area contributed by atoms with E-state index in [0.29, 0.717) is 5.37 Å². The van der Waals surface area contributed by atoms with Gasteiger partial charge in [0.05, 0.1) is 5.37 Å². The maximum atomic E-state index is 3.73. The van der Waals surface area contributed by atoms with Gasteiger partial charge in [0, 0.05) is 11.3 Å². The van der Waals surface area contributed by atoms with Crippen LogP contribution in [0.4, 0.5) is 0 Å². The summed E-state index contributed by atoms with van der Waals surface area (Å²) in [6, 6.07) is 8.98. The third-order valence-electron chi connectivity index (χ3n) is 3.43. The summed E-state index contributed by atoms with van der Waals surface area (Å²) in [5, 5.41) is 4.24. The Kier molecular flexibility index (Phi) is 2.52. The zero-order valence-corrected chi connectivity index (χ0v) is 10.8. The molecule has 1 aliphatic carbocycles. The largest absolute Gasteiger partial charge is 0.296 e. The van der Waals surface area contributed by atoms with Gasteiger partial charge in [-0.05, 0) is 43.7 Å². The van der Waals surface area contributed by atoms with Crippen molar-refractivity contribution < 1.29 is 0 Å². The van der Waals surface area contributed by atoms with Crippen molar-refractivity contribution in [1.82, 2.24) is 5.32 Å². The summed E-state index contributed by atoms with van der Waals surface area (Å²) in [6.07, 6.45) is 2.77. The van der Waals surface area contributed by atoms with E-state index < -0.39 is 0 Å². The van der Waals surface area contributed by atoms with E-state index >= 15 is 0 Å². The molecule has 1 aliphatic heterocycles. The van der Waals surface area contributed by atoms with E-state index in [0.717, 1.165) is 5.92 Å². The molecule has 1 aromatic rings. The number of hydrogen-bond donors (Lipinski definition) is 1. The van der Waals surface area contributed by atoms with Gasteiger partial charge in [-0.3, -0.25) is 5.32 Å². The minimum Gasteiger partial charge on any atom is -0.296 e. The molecule has 1 nitrogen and oxygen atoms in total. The molecule has 16 heavy (non-hydrogen) atoms. The second-order valence-electron chi connectivity index (χ2n) is 5.62. The van der Waals surface area contributed by atoms with Gasteiger partial charge >= 0.3 is 0 Å². The van der Waals surface area contributed by atoms with E-state index in [-0.39, 0.29) is 5.54 Å². The van der Waals surface area contributed by atoms with Gasteiger partial charge in [-0.15, -0.1) is 11.8 Å². The number of nitrogens with one attached hydrogen (secondary N) is 1. The average Bonchev–Trinajstić information content (AvgIpc) is 3.03. The van der Waals surface area contributed by atoms with Crippen molar-refractivity contribution in [2.24, 2.45) is 0 Å². The molecule has 0 bridgehead atoms. The molecule has 1 saturated heterocycles. The van der Waals surface area contributed by atoms with Gasteiger partial charge in [0.1, 0.15) is 0 Å². The summed E-state index contributed by atoms with van der Waals surface area (Å²) >= 11 is 2.05. The highest BCUT2D eigenvalue weighted by atomic mass is 32.2. The van der Waals surface area contributed by atoms with Gasteiger partial charge < -0.3 is 0 Å². The van der Waals surface area contributed by atoms with Crippen LogP contribution in [-0.2, 0) is 0 Å². The lowest BCUT2D eigenvalue weighted by atomic mass is 10.0. The maximum Gasteiger partial charge on any atom is 0.0797 e. The fraction of sp³-hybridized carbons (Fsp3) is 0.571. The lowest BCUT2D eigenvalue weighted by Crippen LogP contribution is -2.36. The second kappa shape index (κ2) is 3.78. The third-order valence-corrected chi connectivity index (χ3v) is 5.02. The summed E-state index contributed by atoms with van der Waals surface area (Å²) < 4.78 is 0. The minimum atomic E-state index is 0.284. The molecule has 86 valence electrons. The highest BCUT2D eigenvalue weighted by Gasteiger charge is 2.34. The zero-order chi connectivity index (χ0) is 11.2. The Morgan fingerprint density at radius 3 is 2.44 bits per heavy atom. The molecule has 0 aromatic heterocycles. The standard InChI is InChI=1S/C14H19NS/c1-14(2)9-16-13(15-14)12-6-4-3-5-11(12)10-7-8-10/h3-6,10,13,15H,7-9H2,1-2H3. The smallest absolute Gasteiger partial charge is 0.0797 e. The van der Waals surface area contributed by atoms with Crippen LogP contribution >= 0.6 is 11.8 Å². The lowest BCUT2D eigenvalue weighted by molar-refractivity contribution is 0.451. The highest BCUT2D eigenvalue weighted by Crippen LogP contribution is 2.46. The quantitative estimate of drug-likeness (QED) is 0.836. The van der Waals surface area contributed by atoms with Gasteiger partial charge in [0.25, 0.3) is 0 Å². The van der Waals surface area contributed by atoms with Crippen LogP contribution in [0.25, 0.3) is 0 Å². The van der Waals surface area contributed by atoms with Gasteiger partial charge in [0.15, 0.2) is 0 Å². The summed E-state index contributed by atoms with van der Waals surface area (Å²) in [6.45, 7) is 4.58. The summed E-state index contributed by atoms with van der Waals surface area (Å²) in [5.74, 6) is 2.05. The maximum absolute atomic E-state index is 3.73. The van der Waals surface area contributed by atoms with Gasteiger partial charge in [-0.1, -0.05) is 24.3 Å². The lowest BCUT2D eigenvalue weighted by Gasteiger charge is -2.20. The fourth-order valence-corrected chi connectivity index (χ4v) is 3.88. The van der Waals surface area contributed by atoms with E-state index in [1.54, 1.807) is 5.56 Å². The molecule has 0 amide bonds. The van der Waals surface area contributed by atoms with Gasteiger partial charge in [0.2, 0.25) is 0 Å². The van der Waals surface area contributed by atoms with E-state index in [4.69, 9.17) is 0 Å². The van der Waals surface area contributed by atoms with Crippen molar-refractivity contribution in [2.45, 2.75) is 43.5 Å². The predicted molar refractivity (Wildman–Crippen MR) is 70.8 cm³/mol. The first kappa shape index (κ1) is 10.7. The molecular weight excluding hydrogens is 214 g/mol. The van der Waals surface area contributed by atoms with E-state index in [9.17, 15) is 0 Å². The van der Waals surface area contributed by atoms with Crippen molar-refractivity contribution in [1.29, 1.82) is 0 Å². The Hall–Kier alpha value is -0.470. The van der Waals surface area contributed by atoms with Crippen molar-refractivity contribution in [3.8, 4) is 0 Å². The molecule has 2 heteroatoms. The number of rotatable bonds is 2. The van der Waals surface area contributed by atoms with E-state index in [1.165, 1.54) is 24.2 Å². The predicted octanol–water partition coefficient (Wildman–Crippen LogP) is 3.68. The first-order valence-electron chi connectivity index (χ1n) is 6.14. The van der Waals surface area contributed by atoms with Crippen LogP contribution in [0, 0.1) is 0 Å². The summed E-state index contributed by atoms with van der Waals surface area (Å²) in [4.78, 5) is 0. The minimum absolute atomic E-state index is 0.284. The third kappa shape index (κ3) is 2.01. The molecule has 1 saturated carbocycles. The van der Waals surface area contributed by atoms with Crippen molar-refractivity contribution in [3.05, 3.63) is 35.4 Å². The van der Waals surface area contributed by atoms with Gasteiger partial charge in [-0.2, -0.15) is 0 Å². The first-order valence-corrected chi connectivity index (χ1v) is 7.19. The SMILES string of the molecule is CC1(C)CSC(c2ccccc2C2CC2)N1. The van der Waals surface area contributed by atoms with Crippen LogP contribution < -0.4 is 5.32 Å². The highest BCUT2D eigenvalue weighted by molar-refractivity contribution is 7.99. The van der Waals surface area contributed by atoms with Crippen LogP contribution in [-0.4, -0.2) is 11.3 Å². The van der Waals surface area contributed by atoms with Crippen LogP contribution in [0.1, 0.15) is 49.1 Å². The Morgan fingerprint density at radius 2 is 1.88 bits per heavy atom. The van der Waals surface area contributed by atoms with Crippen molar-refractivity contribution >= 4 is 11.8 Å². The molecule has 1 unspecified atom stereocenters. The number of thioether (sulfide) groups is 1. The van der Waals surface area contributed by atoms with Gasteiger partial charge in [-0.25, -0.2) is 0 Å². The van der Waals surface area contributed by atoms with Crippen LogP contribution in [0.15, 0.2) is 24.3 Å². The average molecular weight is 233 g/mol. The molecule has 1 atom stereocenters. The molecule has 3 rings (SSSR count). The topological polar surface area (TPSA) is 12.0 Å². The molecule has 1 heterocycles. The molecule has 1 N–H and O–H groups in total. The normalized spacial score (nSPS) is 28.2. The summed E-state index contributed by atoms with van der Waals surface area (Å²) in [7, 11) is 0. The zero-order valence-electron chi connectivity index (χ0n) is 9.99. The second-order valence-corrected chi connectivity index (χ2v) is 6.72.